The lowest BCUT2D eigenvalue weighted by atomic mass is 9.86. The van der Waals surface area contributed by atoms with Crippen molar-refractivity contribution in [3.63, 3.8) is 0 Å². The Hall–Kier alpha value is -6.98. The lowest BCUT2D eigenvalue weighted by molar-refractivity contribution is 0.592. The van der Waals surface area contributed by atoms with Gasteiger partial charge in [-0.15, -0.1) is 0 Å². The van der Waals surface area contributed by atoms with Gasteiger partial charge in [-0.2, -0.15) is 5.26 Å². The summed E-state index contributed by atoms with van der Waals surface area (Å²) in [6, 6.07) is 70.8. The molecular formula is C51H33N2OP. The standard InChI is InChI=1S/C51H33N2OP/c52-34-35-27-29-48-46(31-35)47-33-37(28-30-49(47)53(48)38-16-4-1-5-17-38)51-44-25-12-10-23-42(44)50(43-24-11-13-26-45(43)51)36-15-14-22-41(32-36)55(54,39-18-6-2-7-19-39)40-20-8-3-9-21-40/h1-33H. The second-order valence-electron chi connectivity index (χ2n) is 13.9. The van der Waals surface area contributed by atoms with Gasteiger partial charge in [0.05, 0.1) is 22.7 Å². The molecule has 3 nitrogen and oxygen atoms in total. The van der Waals surface area contributed by atoms with Crippen molar-refractivity contribution < 1.29 is 4.57 Å². The number of nitriles is 1. The Morgan fingerprint density at radius 3 is 1.40 bits per heavy atom. The Morgan fingerprint density at radius 2 is 0.855 bits per heavy atom. The van der Waals surface area contributed by atoms with E-state index in [0.717, 1.165) is 87.2 Å². The highest BCUT2D eigenvalue weighted by Crippen LogP contribution is 2.47. The Balaban J connectivity index is 1.23. The molecule has 1 aromatic heterocycles. The number of para-hydroxylation sites is 1. The fourth-order valence-corrected chi connectivity index (χ4v) is 11.1. The molecule has 258 valence electrons. The number of hydrogen-bond acceptors (Lipinski definition) is 2. The summed E-state index contributed by atoms with van der Waals surface area (Å²) in [5.41, 5.74) is 8.26. The van der Waals surface area contributed by atoms with Gasteiger partial charge in [-0.3, -0.25) is 0 Å². The molecule has 9 aromatic carbocycles. The summed E-state index contributed by atoms with van der Waals surface area (Å²) in [5.74, 6) is 0. The van der Waals surface area contributed by atoms with Crippen LogP contribution in [0.4, 0.5) is 0 Å². The lowest BCUT2D eigenvalue weighted by Gasteiger charge is -2.22. The summed E-state index contributed by atoms with van der Waals surface area (Å²) < 4.78 is 17.8. The van der Waals surface area contributed by atoms with Crippen LogP contribution >= 0.6 is 7.14 Å². The molecule has 10 rings (SSSR count). The van der Waals surface area contributed by atoms with Gasteiger partial charge in [-0.1, -0.05) is 152 Å². The van der Waals surface area contributed by atoms with Gasteiger partial charge >= 0.3 is 0 Å². The van der Waals surface area contributed by atoms with Crippen molar-refractivity contribution in [2.75, 3.05) is 0 Å². The number of hydrogen-bond donors (Lipinski definition) is 0. The van der Waals surface area contributed by atoms with E-state index in [1.165, 1.54) is 0 Å². The third kappa shape index (κ3) is 5.23. The molecule has 0 saturated heterocycles. The second-order valence-corrected chi connectivity index (χ2v) is 16.7. The SMILES string of the molecule is N#Cc1ccc2c(c1)c1cc(-c3c4ccccc4c(-c4cccc(P(=O)(c5ccccc5)c5ccccc5)c4)c4ccccc34)ccc1n2-c1ccccc1. The van der Waals surface area contributed by atoms with Gasteiger partial charge in [0.15, 0.2) is 7.14 Å². The van der Waals surface area contributed by atoms with Crippen LogP contribution in [-0.2, 0) is 4.57 Å². The van der Waals surface area contributed by atoms with E-state index in [4.69, 9.17) is 0 Å². The smallest absolute Gasteiger partial charge is 0.171 e. The Morgan fingerprint density at radius 1 is 0.400 bits per heavy atom. The van der Waals surface area contributed by atoms with Crippen LogP contribution in [0.5, 0.6) is 0 Å². The molecule has 0 saturated carbocycles. The van der Waals surface area contributed by atoms with Crippen LogP contribution in [-0.4, -0.2) is 4.57 Å². The van der Waals surface area contributed by atoms with Gasteiger partial charge in [0.25, 0.3) is 0 Å². The van der Waals surface area contributed by atoms with E-state index in [1.54, 1.807) is 0 Å². The van der Waals surface area contributed by atoms with E-state index in [1.807, 2.05) is 91.0 Å². The molecule has 0 spiro atoms. The predicted molar refractivity (Wildman–Crippen MR) is 231 cm³/mol. The summed E-state index contributed by atoms with van der Waals surface area (Å²) in [6.45, 7) is 0. The summed E-state index contributed by atoms with van der Waals surface area (Å²) >= 11 is 0. The molecule has 0 unspecified atom stereocenters. The number of fused-ring (bicyclic) bond motifs is 5. The highest BCUT2D eigenvalue weighted by atomic mass is 31.2. The number of nitrogens with zero attached hydrogens (tertiary/aromatic N) is 2. The monoisotopic (exact) mass is 720 g/mol. The summed E-state index contributed by atoms with van der Waals surface area (Å²) in [4.78, 5) is 0. The minimum Gasteiger partial charge on any atom is -0.309 e. The highest BCUT2D eigenvalue weighted by molar-refractivity contribution is 7.85. The third-order valence-corrected chi connectivity index (χ3v) is 13.9. The van der Waals surface area contributed by atoms with Crippen molar-refractivity contribution in [2.24, 2.45) is 0 Å². The van der Waals surface area contributed by atoms with Gasteiger partial charge in [0.1, 0.15) is 0 Å². The van der Waals surface area contributed by atoms with E-state index in [2.05, 4.69) is 120 Å². The molecule has 0 radical (unpaired) electrons. The Bertz CT molecular complexity index is 3080. The first-order chi connectivity index (χ1) is 27.1. The average Bonchev–Trinajstić information content (AvgIpc) is 3.59. The van der Waals surface area contributed by atoms with Gasteiger partial charge in [-0.25, -0.2) is 0 Å². The topological polar surface area (TPSA) is 45.8 Å². The van der Waals surface area contributed by atoms with E-state index in [-0.39, 0.29) is 0 Å². The fraction of sp³-hybridized carbons (Fsp3) is 0. The van der Waals surface area contributed by atoms with Gasteiger partial charge in [-0.05, 0) is 92.3 Å². The van der Waals surface area contributed by atoms with Crippen LogP contribution in [0.3, 0.4) is 0 Å². The number of benzene rings is 9. The molecule has 0 bridgehead atoms. The van der Waals surface area contributed by atoms with Crippen LogP contribution in [0.25, 0.3) is 71.3 Å². The van der Waals surface area contributed by atoms with E-state index in [9.17, 15) is 5.26 Å². The minimum atomic E-state index is -3.19. The largest absolute Gasteiger partial charge is 0.309 e. The van der Waals surface area contributed by atoms with Crippen LogP contribution in [0.2, 0.25) is 0 Å². The molecule has 0 N–H and O–H groups in total. The molecule has 0 aliphatic heterocycles. The zero-order chi connectivity index (χ0) is 36.9. The fourth-order valence-electron chi connectivity index (χ4n) is 8.43. The molecule has 0 fully saturated rings. The first-order valence-electron chi connectivity index (χ1n) is 18.4. The quantitative estimate of drug-likeness (QED) is 0.127. The van der Waals surface area contributed by atoms with Gasteiger partial charge in [0.2, 0.25) is 0 Å². The minimum absolute atomic E-state index is 0.636. The molecule has 1 heterocycles. The Kier molecular flexibility index (Phi) is 7.81. The van der Waals surface area contributed by atoms with Crippen molar-refractivity contribution in [2.45, 2.75) is 0 Å². The highest BCUT2D eigenvalue weighted by Gasteiger charge is 2.30. The first-order valence-corrected chi connectivity index (χ1v) is 20.1. The molecule has 0 atom stereocenters. The van der Waals surface area contributed by atoms with Crippen molar-refractivity contribution >= 4 is 66.4 Å². The Labute approximate surface area is 319 Å². The molecule has 0 aliphatic rings. The maximum atomic E-state index is 15.5. The van der Waals surface area contributed by atoms with Crippen LogP contribution in [0.15, 0.2) is 200 Å². The van der Waals surface area contributed by atoms with Crippen LogP contribution in [0, 0.1) is 11.3 Å². The molecule has 55 heavy (non-hydrogen) atoms. The zero-order valence-corrected chi connectivity index (χ0v) is 30.7. The molecule has 0 amide bonds. The van der Waals surface area contributed by atoms with Crippen LogP contribution in [0.1, 0.15) is 5.56 Å². The molecule has 4 heteroatoms. The second kappa shape index (κ2) is 13.2. The predicted octanol–water partition coefficient (Wildman–Crippen LogP) is 11.9. The zero-order valence-electron chi connectivity index (χ0n) is 29.8. The van der Waals surface area contributed by atoms with Crippen molar-refractivity contribution in [1.82, 2.24) is 4.57 Å². The third-order valence-electron chi connectivity index (χ3n) is 10.9. The molecule has 0 aliphatic carbocycles. The normalized spacial score (nSPS) is 11.7. The van der Waals surface area contributed by atoms with E-state index in [0.29, 0.717) is 5.56 Å². The van der Waals surface area contributed by atoms with E-state index < -0.39 is 7.14 Å². The maximum Gasteiger partial charge on any atom is 0.171 e. The summed E-state index contributed by atoms with van der Waals surface area (Å²) in [6.07, 6.45) is 0. The average molecular weight is 721 g/mol. The van der Waals surface area contributed by atoms with Gasteiger partial charge < -0.3 is 9.13 Å². The lowest BCUT2D eigenvalue weighted by Crippen LogP contribution is -2.25. The molecular weight excluding hydrogens is 688 g/mol. The molecule has 10 aromatic rings. The van der Waals surface area contributed by atoms with Crippen molar-refractivity contribution in [3.8, 4) is 34.0 Å². The van der Waals surface area contributed by atoms with Crippen molar-refractivity contribution in [1.29, 1.82) is 5.26 Å². The summed E-state index contributed by atoms with van der Waals surface area (Å²) in [5, 5.41) is 19.0. The first kappa shape index (κ1) is 32.7. The van der Waals surface area contributed by atoms with Crippen LogP contribution < -0.4 is 15.9 Å². The summed E-state index contributed by atoms with van der Waals surface area (Å²) in [7, 11) is -3.19. The maximum absolute atomic E-state index is 15.5. The van der Waals surface area contributed by atoms with Crippen molar-refractivity contribution in [3.05, 3.63) is 206 Å². The van der Waals surface area contributed by atoms with E-state index >= 15 is 4.57 Å². The van der Waals surface area contributed by atoms with Gasteiger partial charge in [0, 0.05) is 32.4 Å². The number of aromatic nitrogens is 1. The number of rotatable bonds is 6.